The molecule has 2 aromatic heterocycles. The second-order valence-corrected chi connectivity index (χ2v) is 6.84. The molecular formula is C20H26N4O. The molecule has 5 nitrogen and oxygen atoms in total. The van der Waals surface area contributed by atoms with Crippen LogP contribution in [0.4, 0.5) is 0 Å². The van der Waals surface area contributed by atoms with Crippen LogP contribution in [0.25, 0.3) is 11.0 Å². The lowest BCUT2D eigenvalue weighted by Gasteiger charge is -2.21. The van der Waals surface area contributed by atoms with Gasteiger partial charge >= 0.3 is 0 Å². The van der Waals surface area contributed by atoms with E-state index in [-0.39, 0.29) is 0 Å². The molecule has 0 fully saturated rings. The van der Waals surface area contributed by atoms with Crippen LogP contribution in [-0.4, -0.2) is 50.8 Å². The van der Waals surface area contributed by atoms with Crippen molar-refractivity contribution in [2.24, 2.45) is 0 Å². The fourth-order valence-corrected chi connectivity index (χ4v) is 3.06. The summed E-state index contributed by atoms with van der Waals surface area (Å²) >= 11 is 0. The number of rotatable bonds is 7. The molecule has 0 amide bonds. The Bertz CT molecular complexity index is 828. The third kappa shape index (κ3) is 4.44. The van der Waals surface area contributed by atoms with E-state index in [9.17, 15) is 5.11 Å². The van der Waals surface area contributed by atoms with Gasteiger partial charge in [0.05, 0.1) is 30.0 Å². The van der Waals surface area contributed by atoms with E-state index in [0.717, 1.165) is 24.0 Å². The van der Waals surface area contributed by atoms with Gasteiger partial charge in [-0.1, -0.05) is 0 Å². The van der Waals surface area contributed by atoms with E-state index >= 15 is 0 Å². The monoisotopic (exact) mass is 338 g/mol. The van der Waals surface area contributed by atoms with E-state index in [0.29, 0.717) is 13.1 Å². The average Bonchev–Trinajstić information content (AvgIpc) is 2.96. The maximum absolute atomic E-state index is 10.5. The lowest BCUT2D eigenvalue weighted by molar-refractivity contribution is 0.111. The van der Waals surface area contributed by atoms with Gasteiger partial charge in [-0.2, -0.15) is 0 Å². The molecule has 5 heteroatoms. The number of aliphatic hydroxyl groups excluding tert-OH is 1. The molecule has 1 N–H and O–H groups in total. The minimum atomic E-state index is -0.429. The molecule has 0 radical (unpaired) electrons. The van der Waals surface area contributed by atoms with Crippen molar-refractivity contribution in [1.29, 1.82) is 0 Å². The summed E-state index contributed by atoms with van der Waals surface area (Å²) in [5.41, 5.74) is 5.83. The number of aliphatic hydroxyl groups is 1. The van der Waals surface area contributed by atoms with Gasteiger partial charge in [-0.3, -0.25) is 4.98 Å². The van der Waals surface area contributed by atoms with Crippen LogP contribution >= 0.6 is 0 Å². The number of aromatic nitrogens is 3. The molecule has 25 heavy (non-hydrogen) atoms. The minimum Gasteiger partial charge on any atom is -0.390 e. The third-order valence-corrected chi connectivity index (χ3v) is 4.70. The van der Waals surface area contributed by atoms with E-state index in [2.05, 4.69) is 40.8 Å². The summed E-state index contributed by atoms with van der Waals surface area (Å²) in [6.07, 6.45) is 5.99. The highest BCUT2D eigenvalue weighted by Gasteiger charge is 2.12. The number of benzene rings is 1. The molecule has 0 spiro atoms. The lowest BCUT2D eigenvalue weighted by Crippen LogP contribution is -2.33. The van der Waals surface area contributed by atoms with Crippen LogP contribution in [0.1, 0.15) is 16.7 Å². The Hall–Kier alpha value is -2.24. The summed E-state index contributed by atoms with van der Waals surface area (Å²) in [5.74, 6) is 0. The van der Waals surface area contributed by atoms with E-state index in [1.807, 2.05) is 42.5 Å². The van der Waals surface area contributed by atoms with E-state index < -0.39 is 6.10 Å². The lowest BCUT2D eigenvalue weighted by atomic mass is 10.1. The van der Waals surface area contributed by atoms with Crippen LogP contribution in [0.5, 0.6) is 0 Å². The fourth-order valence-electron chi connectivity index (χ4n) is 3.06. The molecule has 1 atom stereocenters. The SMILES string of the molecule is Cc1cc2ncn(CC(O)CN(C)CCc3ccncc3)c2cc1C. The first kappa shape index (κ1) is 17.6. The molecule has 3 rings (SSSR count). The van der Waals surface area contributed by atoms with Crippen molar-refractivity contribution < 1.29 is 5.11 Å². The number of hydrogen-bond donors (Lipinski definition) is 1. The first-order valence-electron chi connectivity index (χ1n) is 8.70. The van der Waals surface area contributed by atoms with Gasteiger partial charge in [0.2, 0.25) is 0 Å². The number of imidazole rings is 1. The smallest absolute Gasteiger partial charge is 0.0959 e. The molecule has 1 unspecified atom stereocenters. The molecule has 0 aliphatic heterocycles. The van der Waals surface area contributed by atoms with Crippen LogP contribution in [0.3, 0.4) is 0 Å². The van der Waals surface area contributed by atoms with Gasteiger partial charge in [0.15, 0.2) is 0 Å². The van der Waals surface area contributed by atoms with Gasteiger partial charge in [-0.25, -0.2) is 4.98 Å². The second kappa shape index (κ2) is 7.76. The van der Waals surface area contributed by atoms with Gasteiger partial charge in [0.25, 0.3) is 0 Å². The number of likely N-dealkylation sites (N-methyl/N-ethyl adjacent to an activating group) is 1. The highest BCUT2D eigenvalue weighted by atomic mass is 16.3. The summed E-state index contributed by atoms with van der Waals surface area (Å²) in [4.78, 5) is 10.7. The van der Waals surface area contributed by atoms with Crippen molar-refractivity contribution in [2.75, 3.05) is 20.1 Å². The summed E-state index contributed by atoms with van der Waals surface area (Å²) in [6, 6.07) is 8.32. The topological polar surface area (TPSA) is 54.2 Å². The zero-order chi connectivity index (χ0) is 17.8. The standard InChI is InChI=1S/C20H26N4O/c1-15-10-19-20(11-16(15)2)24(14-22-19)13-18(25)12-23(3)9-6-17-4-7-21-8-5-17/h4-5,7-8,10-11,14,18,25H,6,9,12-13H2,1-3H3. The largest absolute Gasteiger partial charge is 0.390 e. The van der Waals surface area contributed by atoms with E-state index in [4.69, 9.17) is 0 Å². The second-order valence-electron chi connectivity index (χ2n) is 6.84. The molecule has 3 aromatic rings. The maximum atomic E-state index is 10.5. The Kier molecular flexibility index (Phi) is 5.46. The maximum Gasteiger partial charge on any atom is 0.0959 e. The molecule has 1 aromatic carbocycles. The summed E-state index contributed by atoms with van der Waals surface area (Å²) in [5, 5.41) is 10.5. The van der Waals surface area contributed by atoms with Crippen LogP contribution in [0.2, 0.25) is 0 Å². The minimum absolute atomic E-state index is 0.429. The molecule has 0 saturated carbocycles. The quantitative estimate of drug-likeness (QED) is 0.719. The Morgan fingerprint density at radius 2 is 1.88 bits per heavy atom. The molecule has 2 heterocycles. The molecule has 0 aliphatic carbocycles. The predicted octanol–water partition coefficient (Wildman–Crippen LogP) is 2.58. The molecule has 0 saturated heterocycles. The summed E-state index contributed by atoms with van der Waals surface area (Å²) in [7, 11) is 2.05. The zero-order valence-electron chi connectivity index (χ0n) is 15.2. The highest BCUT2D eigenvalue weighted by molar-refractivity contribution is 5.77. The Morgan fingerprint density at radius 3 is 2.64 bits per heavy atom. The third-order valence-electron chi connectivity index (χ3n) is 4.70. The van der Waals surface area contributed by atoms with Crippen molar-refractivity contribution in [3.63, 3.8) is 0 Å². The number of nitrogens with zero attached hydrogens (tertiary/aromatic N) is 4. The zero-order valence-corrected chi connectivity index (χ0v) is 15.2. The molecule has 132 valence electrons. The van der Waals surface area contributed by atoms with E-state index in [1.54, 1.807) is 0 Å². The fraction of sp³-hybridized carbons (Fsp3) is 0.400. The molecule has 0 aliphatic rings. The Labute approximate surface area is 149 Å². The number of fused-ring (bicyclic) bond motifs is 1. The van der Waals surface area contributed by atoms with Crippen molar-refractivity contribution in [2.45, 2.75) is 32.9 Å². The number of aryl methyl sites for hydroxylation is 2. The van der Waals surface area contributed by atoms with Crippen LogP contribution in [-0.2, 0) is 13.0 Å². The normalized spacial score (nSPS) is 12.8. The highest BCUT2D eigenvalue weighted by Crippen LogP contribution is 2.18. The van der Waals surface area contributed by atoms with Gasteiger partial charge in [-0.05, 0) is 68.3 Å². The van der Waals surface area contributed by atoms with Gasteiger partial charge in [0.1, 0.15) is 0 Å². The predicted molar refractivity (Wildman–Crippen MR) is 101 cm³/mol. The van der Waals surface area contributed by atoms with E-state index in [1.165, 1.54) is 16.7 Å². The van der Waals surface area contributed by atoms with Gasteiger partial charge < -0.3 is 14.6 Å². The Morgan fingerprint density at radius 1 is 1.16 bits per heavy atom. The van der Waals surface area contributed by atoms with Crippen LogP contribution in [0, 0.1) is 13.8 Å². The molecule has 0 bridgehead atoms. The van der Waals surface area contributed by atoms with Gasteiger partial charge in [0, 0.05) is 25.5 Å². The first-order valence-corrected chi connectivity index (χ1v) is 8.70. The number of pyridine rings is 1. The van der Waals surface area contributed by atoms with Crippen LogP contribution < -0.4 is 0 Å². The van der Waals surface area contributed by atoms with Gasteiger partial charge in [-0.15, -0.1) is 0 Å². The summed E-state index contributed by atoms with van der Waals surface area (Å²) in [6.45, 7) is 6.30. The Balaban J connectivity index is 1.57. The van der Waals surface area contributed by atoms with Crippen molar-refractivity contribution in [3.05, 3.63) is 59.7 Å². The van der Waals surface area contributed by atoms with Crippen molar-refractivity contribution in [3.8, 4) is 0 Å². The molecular weight excluding hydrogens is 312 g/mol. The van der Waals surface area contributed by atoms with Crippen molar-refractivity contribution >= 4 is 11.0 Å². The van der Waals surface area contributed by atoms with Crippen molar-refractivity contribution in [1.82, 2.24) is 19.4 Å². The number of hydrogen-bond acceptors (Lipinski definition) is 4. The summed E-state index contributed by atoms with van der Waals surface area (Å²) < 4.78 is 2.04. The first-order chi connectivity index (χ1) is 12.0. The van der Waals surface area contributed by atoms with Crippen LogP contribution in [0.15, 0.2) is 43.0 Å². The average molecular weight is 338 g/mol.